The van der Waals surface area contributed by atoms with Gasteiger partial charge >= 0.3 is 5.97 Å². The van der Waals surface area contributed by atoms with E-state index >= 15 is 0 Å². The number of amides is 1. The maximum Gasteiger partial charge on any atom is 0.306 e. The van der Waals surface area contributed by atoms with Crippen LogP contribution >= 0.6 is 0 Å². The number of aliphatic carboxylic acids is 1. The highest BCUT2D eigenvalue weighted by molar-refractivity contribution is 5.79. The van der Waals surface area contributed by atoms with E-state index in [0.717, 1.165) is 19.3 Å². The van der Waals surface area contributed by atoms with Crippen LogP contribution in [0.5, 0.6) is 0 Å². The number of morpholine rings is 1. The molecule has 1 saturated heterocycles. The predicted molar refractivity (Wildman–Crippen MR) is 56.0 cm³/mol. The lowest BCUT2D eigenvalue weighted by Gasteiger charge is -2.46. The molecule has 16 heavy (non-hydrogen) atoms. The highest BCUT2D eigenvalue weighted by Gasteiger charge is 2.41. The van der Waals surface area contributed by atoms with Crippen molar-refractivity contribution in [2.75, 3.05) is 13.2 Å². The number of carboxylic acids is 1. The normalized spacial score (nSPS) is 31.3. The number of rotatable bonds is 3. The molecule has 1 atom stereocenters. The van der Waals surface area contributed by atoms with Gasteiger partial charge in [0, 0.05) is 6.04 Å². The van der Waals surface area contributed by atoms with E-state index in [-0.39, 0.29) is 18.9 Å². The first-order chi connectivity index (χ1) is 7.50. The molecule has 0 aromatic heterocycles. The van der Waals surface area contributed by atoms with Crippen molar-refractivity contribution in [2.45, 2.75) is 44.2 Å². The van der Waals surface area contributed by atoms with Crippen molar-refractivity contribution in [3.05, 3.63) is 0 Å². The zero-order valence-electron chi connectivity index (χ0n) is 9.44. The summed E-state index contributed by atoms with van der Waals surface area (Å²) in [6.07, 6.45) is 3.18. The summed E-state index contributed by atoms with van der Waals surface area (Å²) < 4.78 is 5.37. The van der Waals surface area contributed by atoms with Gasteiger partial charge in [0.25, 0.3) is 0 Å². The van der Waals surface area contributed by atoms with Crippen molar-refractivity contribution in [2.24, 2.45) is 0 Å². The van der Waals surface area contributed by atoms with Crippen LogP contribution in [0.3, 0.4) is 0 Å². The largest absolute Gasteiger partial charge is 0.481 e. The van der Waals surface area contributed by atoms with E-state index < -0.39 is 11.6 Å². The van der Waals surface area contributed by atoms with Gasteiger partial charge in [-0.3, -0.25) is 9.59 Å². The fourth-order valence-electron chi connectivity index (χ4n) is 2.27. The van der Waals surface area contributed by atoms with Crippen molar-refractivity contribution in [1.82, 2.24) is 4.90 Å². The Morgan fingerprint density at radius 3 is 2.81 bits per heavy atom. The molecule has 0 bridgehead atoms. The smallest absolute Gasteiger partial charge is 0.306 e. The second-order valence-corrected chi connectivity index (χ2v) is 4.92. The van der Waals surface area contributed by atoms with Crippen molar-refractivity contribution >= 4 is 11.9 Å². The van der Waals surface area contributed by atoms with Crippen molar-refractivity contribution in [3.63, 3.8) is 0 Å². The lowest BCUT2D eigenvalue weighted by atomic mass is 9.89. The molecule has 1 heterocycles. The van der Waals surface area contributed by atoms with Gasteiger partial charge in [-0.05, 0) is 26.2 Å². The van der Waals surface area contributed by atoms with Gasteiger partial charge in [0.15, 0.2) is 0 Å². The molecule has 5 nitrogen and oxygen atoms in total. The molecule has 1 saturated carbocycles. The molecule has 1 unspecified atom stereocenters. The second kappa shape index (κ2) is 4.05. The molecule has 1 amide bonds. The van der Waals surface area contributed by atoms with Crippen LogP contribution in [0.2, 0.25) is 0 Å². The molecule has 1 aliphatic carbocycles. The molecule has 0 radical (unpaired) electrons. The molecule has 90 valence electrons. The first kappa shape index (κ1) is 11.4. The van der Waals surface area contributed by atoms with Crippen LogP contribution < -0.4 is 0 Å². The van der Waals surface area contributed by atoms with Crippen molar-refractivity contribution in [1.29, 1.82) is 0 Å². The number of hydrogen-bond donors (Lipinski definition) is 1. The lowest BCUT2D eigenvalue weighted by molar-refractivity contribution is -0.174. The number of carbonyl (C=O) groups excluding carboxylic acids is 1. The molecule has 2 aliphatic rings. The lowest BCUT2D eigenvalue weighted by Crippen LogP contribution is -2.58. The Labute approximate surface area is 94.4 Å². The van der Waals surface area contributed by atoms with Gasteiger partial charge in [0.05, 0.1) is 18.6 Å². The van der Waals surface area contributed by atoms with Crippen LogP contribution in [-0.2, 0) is 14.3 Å². The van der Waals surface area contributed by atoms with E-state index in [4.69, 9.17) is 9.84 Å². The van der Waals surface area contributed by atoms with Crippen LogP contribution in [0.15, 0.2) is 0 Å². The Balaban J connectivity index is 2.02. The minimum absolute atomic E-state index is 0.00689. The van der Waals surface area contributed by atoms with E-state index in [9.17, 15) is 9.59 Å². The number of nitrogens with zero attached hydrogens (tertiary/aromatic N) is 1. The monoisotopic (exact) mass is 227 g/mol. The first-order valence-electron chi connectivity index (χ1n) is 5.65. The van der Waals surface area contributed by atoms with E-state index in [1.54, 1.807) is 11.8 Å². The maximum atomic E-state index is 11.7. The maximum absolute atomic E-state index is 11.7. The summed E-state index contributed by atoms with van der Waals surface area (Å²) in [5.41, 5.74) is -0.727. The summed E-state index contributed by atoms with van der Waals surface area (Å²) in [7, 11) is 0. The number of carboxylic acid groups (broad SMARTS) is 1. The summed E-state index contributed by atoms with van der Waals surface area (Å²) in [5.74, 6) is -0.891. The molecule has 0 spiro atoms. The Bertz CT molecular complexity index is 313. The van der Waals surface area contributed by atoms with Crippen LogP contribution in [-0.4, -0.2) is 46.7 Å². The van der Waals surface area contributed by atoms with Gasteiger partial charge in [0.1, 0.15) is 6.61 Å². The zero-order chi connectivity index (χ0) is 11.8. The van der Waals surface area contributed by atoms with Gasteiger partial charge in [-0.25, -0.2) is 0 Å². The molecule has 1 N–H and O–H groups in total. The molecular formula is C11H17NO4. The molecule has 0 aromatic carbocycles. The molecule has 0 aromatic rings. The average Bonchev–Trinajstić information content (AvgIpc) is 2.07. The van der Waals surface area contributed by atoms with Gasteiger partial charge in [0.2, 0.25) is 5.91 Å². The third kappa shape index (κ3) is 2.19. The summed E-state index contributed by atoms with van der Waals surface area (Å²) in [6, 6.07) is 0.310. The van der Waals surface area contributed by atoms with Crippen LogP contribution in [0.25, 0.3) is 0 Å². The Kier molecular flexibility index (Phi) is 2.88. The van der Waals surface area contributed by atoms with Crippen molar-refractivity contribution < 1.29 is 19.4 Å². The van der Waals surface area contributed by atoms with E-state index in [1.165, 1.54) is 0 Å². The van der Waals surface area contributed by atoms with Crippen LogP contribution in [0.4, 0.5) is 0 Å². The third-order valence-corrected chi connectivity index (χ3v) is 3.41. The molecule has 2 fully saturated rings. The number of ether oxygens (including phenoxy) is 1. The second-order valence-electron chi connectivity index (χ2n) is 4.92. The third-order valence-electron chi connectivity index (χ3n) is 3.41. The Morgan fingerprint density at radius 1 is 1.62 bits per heavy atom. The van der Waals surface area contributed by atoms with E-state index in [1.807, 2.05) is 0 Å². The molecule has 5 heteroatoms. The topological polar surface area (TPSA) is 66.8 Å². The quantitative estimate of drug-likeness (QED) is 0.768. The minimum Gasteiger partial charge on any atom is -0.481 e. The molecular weight excluding hydrogens is 210 g/mol. The fourth-order valence-corrected chi connectivity index (χ4v) is 2.27. The van der Waals surface area contributed by atoms with Gasteiger partial charge in [-0.15, -0.1) is 0 Å². The Hall–Kier alpha value is -1.10. The zero-order valence-corrected chi connectivity index (χ0v) is 9.44. The summed E-state index contributed by atoms with van der Waals surface area (Å²) >= 11 is 0. The molecule has 2 rings (SSSR count). The summed E-state index contributed by atoms with van der Waals surface area (Å²) in [4.78, 5) is 24.2. The number of hydrogen-bond acceptors (Lipinski definition) is 3. The van der Waals surface area contributed by atoms with E-state index in [2.05, 4.69) is 0 Å². The first-order valence-corrected chi connectivity index (χ1v) is 5.65. The summed E-state index contributed by atoms with van der Waals surface area (Å²) in [6.45, 7) is 2.18. The summed E-state index contributed by atoms with van der Waals surface area (Å²) in [5, 5.41) is 8.81. The van der Waals surface area contributed by atoms with Gasteiger partial charge in [-0.2, -0.15) is 0 Å². The highest BCUT2D eigenvalue weighted by atomic mass is 16.5. The van der Waals surface area contributed by atoms with Crippen LogP contribution in [0.1, 0.15) is 32.6 Å². The van der Waals surface area contributed by atoms with Crippen molar-refractivity contribution in [3.8, 4) is 0 Å². The standard InChI is InChI=1S/C11H17NO4/c1-11(5-10(14)15)7-12(8-3-2-4-8)9(13)6-16-11/h8H,2-7H2,1H3,(H,14,15). The van der Waals surface area contributed by atoms with Gasteiger partial charge in [-0.1, -0.05) is 0 Å². The fraction of sp³-hybridized carbons (Fsp3) is 0.818. The van der Waals surface area contributed by atoms with E-state index in [0.29, 0.717) is 12.6 Å². The Morgan fingerprint density at radius 2 is 2.31 bits per heavy atom. The average molecular weight is 227 g/mol. The van der Waals surface area contributed by atoms with Gasteiger partial charge < -0.3 is 14.7 Å². The highest BCUT2D eigenvalue weighted by Crippen LogP contribution is 2.30. The minimum atomic E-state index is -0.884. The van der Waals surface area contributed by atoms with Crippen LogP contribution in [0, 0.1) is 0 Å². The predicted octanol–water partition coefficient (Wildman–Crippen LogP) is 0.631. The SMILES string of the molecule is CC1(CC(=O)O)CN(C2CCC2)C(=O)CO1. The molecule has 1 aliphatic heterocycles. The number of carbonyl (C=O) groups is 2.